The van der Waals surface area contributed by atoms with Crippen LogP contribution in [0.15, 0.2) is 24.3 Å². The maximum Gasteiger partial charge on any atom is 0.269 e. The molecule has 0 unspecified atom stereocenters. The van der Waals surface area contributed by atoms with E-state index in [1.807, 2.05) is 0 Å². The highest BCUT2D eigenvalue weighted by atomic mass is 16.6. The summed E-state index contributed by atoms with van der Waals surface area (Å²) in [7, 11) is 1.59. The number of hydrogen-bond acceptors (Lipinski definition) is 4. The third kappa shape index (κ3) is 3.65. The molecule has 5 nitrogen and oxygen atoms in total. The van der Waals surface area contributed by atoms with Crippen molar-refractivity contribution in [3.63, 3.8) is 0 Å². The summed E-state index contributed by atoms with van der Waals surface area (Å²) < 4.78 is 4.90. The number of benzene rings is 1. The Labute approximate surface area is 88.0 Å². The molecule has 5 heteroatoms. The Bertz CT molecular complexity index is 324. The minimum Gasteiger partial charge on any atom is -0.383 e. The van der Waals surface area contributed by atoms with Crippen molar-refractivity contribution in [2.75, 3.05) is 13.7 Å². The van der Waals surface area contributed by atoms with E-state index < -0.39 is 4.92 Å². The van der Waals surface area contributed by atoms with Crippen LogP contribution in [0, 0.1) is 10.1 Å². The van der Waals surface area contributed by atoms with E-state index >= 15 is 0 Å². The summed E-state index contributed by atoms with van der Waals surface area (Å²) in [5.74, 6) is 0. The summed E-state index contributed by atoms with van der Waals surface area (Å²) in [6.07, 6.45) is 0.659. The average molecular weight is 210 g/mol. The van der Waals surface area contributed by atoms with Crippen molar-refractivity contribution in [3.05, 3.63) is 39.9 Å². The van der Waals surface area contributed by atoms with Gasteiger partial charge in [0.05, 0.1) is 11.5 Å². The summed E-state index contributed by atoms with van der Waals surface area (Å²) in [4.78, 5) is 9.98. The minimum absolute atomic E-state index is 0.0727. The fourth-order valence-electron chi connectivity index (χ4n) is 1.33. The quantitative estimate of drug-likeness (QED) is 0.583. The number of ether oxygens (including phenoxy) is 1. The minimum atomic E-state index is -0.418. The number of rotatable bonds is 5. The fraction of sp³-hybridized carbons (Fsp3) is 0.400. The van der Waals surface area contributed by atoms with Gasteiger partial charge in [0.1, 0.15) is 0 Å². The molecular formula is C10H14N2O3. The van der Waals surface area contributed by atoms with E-state index in [0.717, 1.165) is 5.56 Å². The molecule has 0 aliphatic heterocycles. The van der Waals surface area contributed by atoms with Gasteiger partial charge in [-0.25, -0.2) is 0 Å². The van der Waals surface area contributed by atoms with Crippen LogP contribution in [0.25, 0.3) is 0 Å². The van der Waals surface area contributed by atoms with Gasteiger partial charge in [-0.3, -0.25) is 10.1 Å². The van der Waals surface area contributed by atoms with Crippen molar-refractivity contribution in [1.82, 2.24) is 0 Å². The van der Waals surface area contributed by atoms with Crippen molar-refractivity contribution in [2.45, 2.75) is 12.5 Å². The van der Waals surface area contributed by atoms with E-state index in [1.54, 1.807) is 19.2 Å². The molecule has 1 aromatic rings. The molecule has 0 bridgehead atoms. The zero-order valence-corrected chi connectivity index (χ0v) is 8.55. The lowest BCUT2D eigenvalue weighted by Gasteiger charge is -2.09. The summed E-state index contributed by atoms with van der Waals surface area (Å²) >= 11 is 0. The molecule has 15 heavy (non-hydrogen) atoms. The molecule has 0 aromatic heterocycles. The third-order valence-electron chi connectivity index (χ3n) is 2.03. The largest absolute Gasteiger partial charge is 0.383 e. The topological polar surface area (TPSA) is 78.4 Å². The first-order chi connectivity index (χ1) is 7.13. The van der Waals surface area contributed by atoms with Gasteiger partial charge in [0.15, 0.2) is 0 Å². The zero-order chi connectivity index (χ0) is 11.3. The van der Waals surface area contributed by atoms with Crippen molar-refractivity contribution < 1.29 is 9.66 Å². The van der Waals surface area contributed by atoms with E-state index in [9.17, 15) is 10.1 Å². The van der Waals surface area contributed by atoms with E-state index in [1.165, 1.54) is 12.1 Å². The molecule has 0 radical (unpaired) electrons. The number of nitrogens with two attached hydrogens (primary N) is 1. The lowest BCUT2D eigenvalue weighted by atomic mass is 10.1. The zero-order valence-electron chi connectivity index (χ0n) is 8.55. The molecule has 1 rings (SSSR count). The smallest absolute Gasteiger partial charge is 0.269 e. The SMILES string of the molecule is COC[C@@H](N)Cc1ccc([N+](=O)[O-])cc1. The molecule has 0 heterocycles. The van der Waals surface area contributed by atoms with Crippen molar-refractivity contribution in [1.29, 1.82) is 0 Å². The molecule has 0 amide bonds. The Balaban J connectivity index is 2.60. The highest BCUT2D eigenvalue weighted by Crippen LogP contribution is 2.12. The number of nitrogens with zero attached hydrogens (tertiary/aromatic N) is 1. The standard InChI is InChI=1S/C10H14N2O3/c1-15-7-9(11)6-8-2-4-10(5-3-8)12(13)14/h2-5,9H,6-7,11H2,1H3/t9-/m0/s1. The lowest BCUT2D eigenvalue weighted by molar-refractivity contribution is -0.384. The molecule has 0 aliphatic rings. The van der Waals surface area contributed by atoms with Crippen LogP contribution in [-0.2, 0) is 11.2 Å². The second kappa shape index (κ2) is 5.43. The van der Waals surface area contributed by atoms with Crippen molar-refractivity contribution in [2.24, 2.45) is 5.73 Å². The summed E-state index contributed by atoms with van der Waals surface area (Å²) in [5.41, 5.74) is 6.83. The Morgan fingerprint density at radius 2 is 2.07 bits per heavy atom. The van der Waals surface area contributed by atoms with Gasteiger partial charge in [-0.15, -0.1) is 0 Å². The van der Waals surface area contributed by atoms with Gasteiger partial charge in [-0.2, -0.15) is 0 Å². The lowest BCUT2D eigenvalue weighted by Crippen LogP contribution is -2.27. The Kier molecular flexibility index (Phi) is 4.20. The van der Waals surface area contributed by atoms with E-state index in [0.29, 0.717) is 13.0 Å². The molecular weight excluding hydrogens is 196 g/mol. The van der Waals surface area contributed by atoms with Crippen LogP contribution in [0.5, 0.6) is 0 Å². The van der Waals surface area contributed by atoms with Gasteiger partial charge in [0, 0.05) is 25.3 Å². The fourth-order valence-corrected chi connectivity index (χ4v) is 1.33. The van der Waals surface area contributed by atoms with Crippen LogP contribution in [-0.4, -0.2) is 24.7 Å². The maximum atomic E-state index is 10.4. The summed E-state index contributed by atoms with van der Waals surface area (Å²) in [6, 6.07) is 6.32. The Morgan fingerprint density at radius 3 is 2.53 bits per heavy atom. The van der Waals surface area contributed by atoms with Crippen LogP contribution in [0.4, 0.5) is 5.69 Å². The molecule has 82 valence electrons. The first-order valence-corrected chi connectivity index (χ1v) is 4.61. The molecule has 1 atom stereocenters. The van der Waals surface area contributed by atoms with Crippen LogP contribution in [0.1, 0.15) is 5.56 Å². The molecule has 0 fully saturated rings. The maximum absolute atomic E-state index is 10.4. The number of hydrogen-bond donors (Lipinski definition) is 1. The predicted molar refractivity (Wildman–Crippen MR) is 56.7 cm³/mol. The van der Waals surface area contributed by atoms with Gasteiger partial charge in [-0.05, 0) is 12.0 Å². The highest BCUT2D eigenvalue weighted by Gasteiger charge is 2.06. The van der Waals surface area contributed by atoms with Gasteiger partial charge in [-0.1, -0.05) is 12.1 Å². The Hall–Kier alpha value is -1.46. The van der Waals surface area contributed by atoms with E-state index in [-0.39, 0.29) is 11.7 Å². The van der Waals surface area contributed by atoms with Crippen molar-refractivity contribution in [3.8, 4) is 0 Å². The van der Waals surface area contributed by atoms with Crippen molar-refractivity contribution >= 4 is 5.69 Å². The molecule has 0 saturated carbocycles. The number of methoxy groups -OCH3 is 1. The molecule has 0 saturated heterocycles. The summed E-state index contributed by atoms with van der Waals surface area (Å²) in [6.45, 7) is 0.483. The first kappa shape index (κ1) is 11.6. The van der Waals surface area contributed by atoms with Gasteiger partial charge in [0.2, 0.25) is 0 Å². The monoisotopic (exact) mass is 210 g/mol. The molecule has 0 spiro atoms. The molecule has 0 aliphatic carbocycles. The van der Waals surface area contributed by atoms with Crippen LogP contribution in [0.2, 0.25) is 0 Å². The van der Waals surface area contributed by atoms with Gasteiger partial charge in [0.25, 0.3) is 5.69 Å². The van der Waals surface area contributed by atoms with Gasteiger partial charge >= 0.3 is 0 Å². The number of nitro benzene ring substituents is 1. The predicted octanol–water partition coefficient (Wildman–Crippen LogP) is 1.11. The highest BCUT2D eigenvalue weighted by molar-refractivity contribution is 5.33. The molecule has 1 aromatic carbocycles. The van der Waals surface area contributed by atoms with E-state index in [2.05, 4.69) is 0 Å². The number of non-ortho nitro benzene ring substituents is 1. The van der Waals surface area contributed by atoms with Gasteiger partial charge < -0.3 is 10.5 Å². The first-order valence-electron chi connectivity index (χ1n) is 4.61. The second-order valence-electron chi connectivity index (χ2n) is 3.34. The Morgan fingerprint density at radius 1 is 1.47 bits per heavy atom. The number of nitro groups is 1. The summed E-state index contributed by atoms with van der Waals surface area (Å²) in [5, 5.41) is 10.4. The average Bonchev–Trinajstić information content (AvgIpc) is 2.18. The second-order valence-corrected chi connectivity index (χ2v) is 3.34. The van der Waals surface area contributed by atoms with Crippen LogP contribution in [0.3, 0.4) is 0 Å². The van der Waals surface area contributed by atoms with Crippen LogP contribution < -0.4 is 5.73 Å². The van der Waals surface area contributed by atoms with Crippen LogP contribution >= 0.6 is 0 Å². The third-order valence-corrected chi connectivity index (χ3v) is 2.03. The van der Waals surface area contributed by atoms with E-state index in [4.69, 9.17) is 10.5 Å². The molecule has 2 N–H and O–H groups in total. The normalized spacial score (nSPS) is 12.4.